The van der Waals surface area contributed by atoms with Crippen LogP contribution in [0.2, 0.25) is 0 Å². The molecule has 1 N–H and O–H groups in total. The van der Waals surface area contributed by atoms with Crippen molar-refractivity contribution in [2.24, 2.45) is 16.7 Å². The number of fused-ring (bicyclic) bond motifs is 2. The van der Waals surface area contributed by atoms with Crippen LogP contribution in [-0.2, 0) is 0 Å². The Morgan fingerprint density at radius 2 is 1.95 bits per heavy atom. The fourth-order valence-electron chi connectivity index (χ4n) is 4.65. The van der Waals surface area contributed by atoms with Crippen LogP contribution >= 0.6 is 0 Å². The molecule has 0 aliphatic heterocycles. The van der Waals surface area contributed by atoms with Gasteiger partial charge in [0.25, 0.3) is 0 Å². The van der Waals surface area contributed by atoms with E-state index < -0.39 is 0 Å². The van der Waals surface area contributed by atoms with Crippen molar-refractivity contribution < 1.29 is 4.39 Å². The van der Waals surface area contributed by atoms with E-state index in [1.165, 1.54) is 19.3 Å². The summed E-state index contributed by atoms with van der Waals surface area (Å²) < 4.78 is 13.5. The van der Waals surface area contributed by atoms with Crippen molar-refractivity contribution in [1.29, 1.82) is 0 Å². The molecule has 1 nitrogen and oxygen atoms in total. The molecule has 2 bridgehead atoms. The summed E-state index contributed by atoms with van der Waals surface area (Å²) in [5.74, 6) is 0.665. The molecule has 0 saturated heterocycles. The summed E-state index contributed by atoms with van der Waals surface area (Å²) in [6.45, 7) is 9.07. The zero-order chi connectivity index (χ0) is 13.8. The van der Waals surface area contributed by atoms with Crippen molar-refractivity contribution in [1.82, 2.24) is 0 Å². The molecule has 2 aliphatic rings. The summed E-state index contributed by atoms with van der Waals surface area (Å²) in [6.07, 6.45) is 3.96. The second-order valence-corrected chi connectivity index (χ2v) is 7.51. The fraction of sp³-hybridized carbons (Fsp3) is 0.647. The number of nitrogens with one attached hydrogen (secondary N) is 1. The number of halogens is 1. The first-order valence-electron chi connectivity index (χ1n) is 7.35. The number of hydrogen-bond donors (Lipinski definition) is 1. The predicted molar refractivity (Wildman–Crippen MR) is 77.8 cm³/mol. The van der Waals surface area contributed by atoms with Crippen LogP contribution < -0.4 is 5.32 Å². The van der Waals surface area contributed by atoms with Gasteiger partial charge in [0.2, 0.25) is 0 Å². The minimum absolute atomic E-state index is 0.145. The lowest BCUT2D eigenvalue weighted by molar-refractivity contribution is 0.155. The van der Waals surface area contributed by atoms with E-state index in [1.54, 1.807) is 12.1 Å². The summed E-state index contributed by atoms with van der Waals surface area (Å²) in [7, 11) is 0. The second kappa shape index (κ2) is 3.97. The summed E-state index contributed by atoms with van der Waals surface area (Å²) >= 11 is 0. The molecule has 0 heterocycles. The van der Waals surface area contributed by atoms with Gasteiger partial charge in [-0.15, -0.1) is 0 Å². The first-order valence-corrected chi connectivity index (χ1v) is 7.35. The summed E-state index contributed by atoms with van der Waals surface area (Å²) in [5, 5.41) is 3.64. The molecule has 3 rings (SSSR count). The first-order chi connectivity index (χ1) is 8.81. The minimum atomic E-state index is -0.145. The molecule has 2 heteroatoms. The molecule has 104 valence electrons. The highest BCUT2D eigenvalue weighted by atomic mass is 19.1. The van der Waals surface area contributed by atoms with Gasteiger partial charge in [-0.1, -0.05) is 20.8 Å². The Morgan fingerprint density at radius 3 is 2.53 bits per heavy atom. The van der Waals surface area contributed by atoms with Crippen molar-refractivity contribution in [2.45, 2.75) is 53.0 Å². The maximum absolute atomic E-state index is 13.5. The molecule has 0 amide bonds. The highest BCUT2D eigenvalue weighted by Crippen LogP contribution is 2.63. The van der Waals surface area contributed by atoms with Gasteiger partial charge in [0.1, 0.15) is 5.82 Å². The smallest absolute Gasteiger partial charge is 0.125 e. The van der Waals surface area contributed by atoms with Gasteiger partial charge in [-0.2, -0.15) is 0 Å². The molecule has 1 aromatic rings. The van der Waals surface area contributed by atoms with Crippen molar-refractivity contribution in [3.8, 4) is 0 Å². The van der Waals surface area contributed by atoms with Crippen molar-refractivity contribution in [3.63, 3.8) is 0 Å². The SMILES string of the molecule is Cc1cc(F)cc(NC2C(C)(C)[C@H]3CC[C@]2(C)C3)c1. The summed E-state index contributed by atoms with van der Waals surface area (Å²) in [6, 6.07) is 5.70. The monoisotopic (exact) mass is 261 g/mol. The highest BCUT2D eigenvalue weighted by Gasteiger charge is 2.59. The van der Waals surface area contributed by atoms with Crippen LogP contribution in [-0.4, -0.2) is 6.04 Å². The Labute approximate surface area is 115 Å². The minimum Gasteiger partial charge on any atom is -0.381 e. The number of aryl methyl sites for hydroxylation is 1. The van der Waals surface area contributed by atoms with E-state index in [0.29, 0.717) is 16.9 Å². The lowest BCUT2D eigenvalue weighted by atomic mass is 9.68. The zero-order valence-corrected chi connectivity index (χ0v) is 12.4. The number of rotatable bonds is 2. The van der Waals surface area contributed by atoms with Gasteiger partial charge in [0, 0.05) is 11.7 Å². The third kappa shape index (κ3) is 1.96. The van der Waals surface area contributed by atoms with Gasteiger partial charge in [-0.25, -0.2) is 4.39 Å². The average Bonchev–Trinajstić information content (AvgIpc) is 2.74. The Hall–Kier alpha value is -1.05. The van der Waals surface area contributed by atoms with Crippen LogP contribution in [0, 0.1) is 29.5 Å². The quantitative estimate of drug-likeness (QED) is 0.809. The van der Waals surface area contributed by atoms with Crippen LogP contribution in [0.25, 0.3) is 0 Å². The Morgan fingerprint density at radius 1 is 1.21 bits per heavy atom. The van der Waals surface area contributed by atoms with E-state index >= 15 is 0 Å². The highest BCUT2D eigenvalue weighted by molar-refractivity contribution is 5.48. The van der Waals surface area contributed by atoms with Crippen molar-refractivity contribution in [2.75, 3.05) is 5.32 Å². The van der Waals surface area contributed by atoms with Crippen molar-refractivity contribution >= 4 is 5.69 Å². The molecule has 2 saturated carbocycles. The van der Waals surface area contributed by atoms with Gasteiger partial charge in [-0.3, -0.25) is 0 Å². The maximum Gasteiger partial charge on any atom is 0.125 e. The van der Waals surface area contributed by atoms with Crippen LogP contribution in [0.5, 0.6) is 0 Å². The topological polar surface area (TPSA) is 12.0 Å². The molecule has 0 aromatic heterocycles. The number of anilines is 1. The van der Waals surface area contributed by atoms with E-state index in [0.717, 1.165) is 17.2 Å². The molecular weight excluding hydrogens is 237 g/mol. The van der Waals surface area contributed by atoms with E-state index in [4.69, 9.17) is 0 Å². The van der Waals surface area contributed by atoms with Gasteiger partial charge in [0.05, 0.1) is 0 Å². The summed E-state index contributed by atoms with van der Waals surface area (Å²) in [4.78, 5) is 0. The van der Waals surface area contributed by atoms with Crippen LogP contribution in [0.4, 0.5) is 10.1 Å². The second-order valence-electron chi connectivity index (χ2n) is 7.51. The Kier molecular flexibility index (Phi) is 2.71. The predicted octanol–water partition coefficient (Wildman–Crippen LogP) is 4.76. The molecule has 1 aromatic carbocycles. The molecule has 0 spiro atoms. The van der Waals surface area contributed by atoms with E-state index in [-0.39, 0.29) is 5.82 Å². The third-order valence-electron chi connectivity index (χ3n) is 5.62. The molecule has 19 heavy (non-hydrogen) atoms. The molecule has 2 aliphatic carbocycles. The van der Waals surface area contributed by atoms with Crippen LogP contribution in [0.15, 0.2) is 18.2 Å². The van der Waals surface area contributed by atoms with Crippen LogP contribution in [0.3, 0.4) is 0 Å². The molecule has 3 atom stereocenters. The zero-order valence-electron chi connectivity index (χ0n) is 12.4. The standard InChI is InChI=1S/C17H24FN/c1-11-7-13(18)9-14(8-11)19-15-16(2,3)12-5-6-17(15,4)10-12/h7-9,12,15,19H,5-6,10H2,1-4H3/t12-,15?,17+/m0/s1. The normalized spacial score (nSPS) is 35.6. The Bertz CT molecular complexity index is 483. The van der Waals surface area contributed by atoms with E-state index in [2.05, 4.69) is 32.2 Å². The van der Waals surface area contributed by atoms with E-state index in [1.807, 2.05) is 6.92 Å². The van der Waals surface area contributed by atoms with Crippen LogP contribution in [0.1, 0.15) is 45.6 Å². The largest absolute Gasteiger partial charge is 0.381 e. The number of hydrogen-bond acceptors (Lipinski definition) is 1. The molecule has 0 radical (unpaired) electrons. The van der Waals surface area contributed by atoms with Crippen molar-refractivity contribution in [3.05, 3.63) is 29.6 Å². The Balaban J connectivity index is 1.90. The van der Waals surface area contributed by atoms with Gasteiger partial charge < -0.3 is 5.32 Å². The lowest BCUT2D eigenvalue weighted by Gasteiger charge is -2.43. The molecule has 2 fully saturated rings. The first kappa shape index (κ1) is 13.0. The third-order valence-corrected chi connectivity index (χ3v) is 5.62. The molecule has 1 unspecified atom stereocenters. The van der Waals surface area contributed by atoms with Gasteiger partial charge >= 0.3 is 0 Å². The maximum atomic E-state index is 13.5. The van der Waals surface area contributed by atoms with E-state index in [9.17, 15) is 4.39 Å². The van der Waals surface area contributed by atoms with Gasteiger partial charge in [0.15, 0.2) is 0 Å². The average molecular weight is 261 g/mol. The lowest BCUT2D eigenvalue weighted by Crippen LogP contribution is -2.45. The summed E-state index contributed by atoms with van der Waals surface area (Å²) in [5.41, 5.74) is 2.58. The van der Waals surface area contributed by atoms with Gasteiger partial charge in [-0.05, 0) is 66.7 Å². The fourth-order valence-corrected chi connectivity index (χ4v) is 4.65. The number of benzene rings is 1. The molecular formula is C17H24FN.